The lowest BCUT2D eigenvalue weighted by atomic mass is 10.1. The molecule has 1 aliphatic heterocycles. The molecule has 0 aliphatic carbocycles. The molecule has 1 fully saturated rings. The molecule has 1 saturated heterocycles. The van der Waals surface area contributed by atoms with Crippen molar-refractivity contribution in [2.24, 2.45) is 0 Å². The number of pyridine rings is 1. The summed E-state index contributed by atoms with van der Waals surface area (Å²) in [6, 6.07) is 4.01. The normalized spacial score (nSPS) is 23.6. The third kappa shape index (κ3) is 2.32. The second kappa shape index (κ2) is 5.05. The number of fused-ring (bicyclic) bond motifs is 1. The first kappa shape index (κ1) is 12.8. The van der Waals surface area contributed by atoms with Crippen LogP contribution in [0.25, 0.3) is 11.2 Å². The van der Waals surface area contributed by atoms with Crippen molar-refractivity contribution < 1.29 is 8.95 Å². The van der Waals surface area contributed by atoms with Crippen LogP contribution in [0.5, 0.6) is 5.88 Å². The van der Waals surface area contributed by atoms with Crippen molar-refractivity contribution in [3.63, 3.8) is 0 Å². The summed E-state index contributed by atoms with van der Waals surface area (Å²) in [6.07, 6.45) is 1.76. The van der Waals surface area contributed by atoms with Crippen molar-refractivity contribution in [2.75, 3.05) is 18.6 Å². The van der Waals surface area contributed by atoms with Gasteiger partial charge in [0.05, 0.1) is 12.6 Å². The number of hydrogen-bond donors (Lipinski definition) is 1. The molecule has 2 aromatic heterocycles. The van der Waals surface area contributed by atoms with E-state index < -0.39 is 10.8 Å². The van der Waals surface area contributed by atoms with E-state index >= 15 is 0 Å². The van der Waals surface area contributed by atoms with Crippen molar-refractivity contribution >= 4 is 34.2 Å². The van der Waals surface area contributed by atoms with Crippen LogP contribution < -0.4 is 4.74 Å². The van der Waals surface area contributed by atoms with Crippen LogP contribution in [0.3, 0.4) is 0 Å². The zero-order valence-electron chi connectivity index (χ0n) is 10.6. The second-order valence-corrected chi connectivity index (χ2v) is 6.69. The summed E-state index contributed by atoms with van der Waals surface area (Å²) >= 11 is 5.39. The van der Waals surface area contributed by atoms with Crippen LogP contribution >= 0.6 is 12.2 Å². The molecule has 19 heavy (non-hydrogen) atoms. The third-order valence-electron chi connectivity index (χ3n) is 3.47. The summed E-state index contributed by atoms with van der Waals surface area (Å²) < 4.78 is 19.3. The molecule has 7 heteroatoms. The molecule has 5 nitrogen and oxygen atoms in total. The molecule has 3 rings (SSSR count). The van der Waals surface area contributed by atoms with Crippen molar-refractivity contribution in [1.82, 2.24) is 14.5 Å². The first-order valence-electron chi connectivity index (χ1n) is 6.19. The second-order valence-electron chi connectivity index (χ2n) is 4.60. The van der Waals surface area contributed by atoms with E-state index in [-0.39, 0.29) is 6.04 Å². The van der Waals surface area contributed by atoms with Gasteiger partial charge in [-0.3, -0.25) is 8.78 Å². The summed E-state index contributed by atoms with van der Waals surface area (Å²) in [5, 5.41) is 0. The van der Waals surface area contributed by atoms with E-state index in [1.54, 1.807) is 7.11 Å². The first-order chi connectivity index (χ1) is 9.19. The lowest BCUT2D eigenvalue weighted by Gasteiger charge is -2.23. The van der Waals surface area contributed by atoms with Crippen LogP contribution in [0, 0.1) is 4.77 Å². The molecule has 1 aliphatic rings. The maximum Gasteiger partial charge on any atom is 0.215 e. The Morgan fingerprint density at radius 2 is 2.21 bits per heavy atom. The minimum atomic E-state index is -0.671. The van der Waals surface area contributed by atoms with Gasteiger partial charge in [-0.15, -0.1) is 0 Å². The number of ether oxygens (including phenoxy) is 1. The Balaban J connectivity index is 2.09. The largest absolute Gasteiger partial charge is 0.481 e. The monoisotopic (exact) mass is 297 g/mol. The zero-order chi connectivity index (χ0) is 13.4. The number of H-pyrrole nitrogens is 1. The molecular weight excluding hydrogens is 282 g/mol. The van der Waals surface area contributed by atoms with E-state index in [4.69, 9.17) is 17.0 Å². The van der Waals surface area contributed by atoms with E-state index in [1.807, 2.05) is 16.7 Å². The van der Waals surface area contributed by atoms with E-state index in [0.29, 0.717) is 10.7 Å². The van der Waals surface area contributed by atoms with Crippen molar-refractivity contribution in [2.45, 2.75) is 18.9 Å². The molecule has 0 unspecified atom stereocenters. The number of aromatic amines is 1. The number of methoxy groups -OCH3 is 1. The fourth-order valence-electron chi connectivity index (χ4n) is 2.48. The fraction of sp³-hybridized carbons (Fsp3) is 0.500. The van der Waals surface area contributed by atoms with Crippen molar-refractivity contribution in [1.29, 1.82) is 0 Å². The standard InChI is InChI=1S/C12H15N3O2S2/c1-17-10-3-2-9-11(14-10)15(12(18)13-9)8-4-6-19(16)7-5-8/h2-3,8H,4-7H2,1H3,(H,13,18). The minimum absolute atomic E-state index is 0.276. The Kier molecular flexibility index (Phi) is 3.40. The molecule has 3 heterocycles. The third-order valence-corrected chi connectivity index (χ3v) is 5.15. The highest BCUT2D eigenvalue weighted by atomic mass is 32.2. The zero-order valence-corrected chi connectivity index (χ0v) is 12.2. The van der Waals surface area contributed by atoms with Crippen molar-refractivity contribution in [3.8, 4) is 5.88 Å². The molecular formula is C12H15N3O2S2. The summed E-state index contributed by atoms with van der Waals surface area (Å²) in [5.74, 6) is 2.06. The van der Waals surface area contributed by atoms with Crippen LogP contribution in [0.4, 0.5) is 0 Å². The molecule has 0 atom stereocenters. The average Bonchev–Trinajstić information content (AvgIpc) is 2.75. The van der Waals surface area contributed by atoms with Gasteiger partial charge in [-0.25, -0.2) is 0 Å². The molecule has 2 aromatic rings. The van der Waals surface area contributed by atoms with Gasteiger partial charge in [-0.1, -0.05) is 0 Å². The SMILES string of the molecule is COc1ccc2[nH]c(=S)n(C3CCS(=O)CC3)c2n1. The van der Waals surface area contributed by atoms with Crippen molar-refractivity contribution in [3.05, 3.63) is 16.9 Å². The Morgan fingerprint density at radius 1 is 1.47 bits per heavy atom. The van der Waals surface area contributed by atoms with Gasteiger partial charge in [-0.05, 0) is 31.1 Å². The van der Waals surface area contributed by atoms with Crippen LogP contribution in [0.1, 0.15) is 18.9 Å². The smallest absolute Gasteiger partial charge is 0.215 e. The van der Waals surface area contributed by atoms with Gasteiger partial charge < -0.3 is 9.72 Å². The number of hydrogen-bond acceptors (Lipinski definition) is 4. The van der Waals surface area contributed by atoms with Gasteiger partial charge in [0.15, 0.2) is 10.4 Å². The molecule has 0 bridgehead atoms. The highest BCUT2D eigenvalue weighted by molar-refractivity contribution is 7.85. The summed E-state index contributed by atoms with van der Waals surface area (Å²) in [4.78, 5) is 7.65. The minimum Gasteiger partial charge on any atom is -0.481 e. The van der Waals surface area contributed by atoms with E-state index in [1.165, 1.54) is 0 Å². The Hall–Kier alpha value is -1.21. The van der Waals surface area contributed by atoms with Gasteiger partial charge in [0.2, 0.25) is 5.88 Å². The Bertz CT molecular complexity index is 682. The number of nitrogens with one attached hydrogen (secondary N) is 1. The quantitative estimate of drug-likeness (QED) is 0.863. The molecule has 0 amide bonds. The lowest BCUT2D eigenvalue weighted by Crippen LogP contribution is -2.22. The van der Waals surface area contributed by atoms with Gasteiger partial charge in [0.25, 0.3) is 0 Å². The van der Waals surface area contributed by atoms with Crippen LogP contribution in [-0.2, 0) is 10.8 Å². The van der Waals surface area contributed by atoms with Gasteiger partial charge >= 0.3 is 0 Å². The van der Waals surface area contributed by atoms with E-state index in [9.17, 15) is 4.21 Å². The lowest BCUT2D eigenvalue weighted by molar-refractivity contribution is 0.397. The van der Waals surface area contributed by atoms with E-state index in [2.05, 4.69) is 9.97 Å². The predicted octanol–water partition coefficient (Wildman–Crippen LogP) is 2.19. The topological polar surface area (TPSA) is 59.9 Å². The molecule has 1 N–H and O–H groups in total. The van der Waals surface area contributed by atoms with Gasteiger partial charge in [0, 0.05) is 34.4 Å². The van der Waals surface area contributed by atoms with Crippen LogP contribution in [0.2, 0.25) is 0 Å². The molecule has 0 spiro atoms. The number of rotatable bonds is 2. The summed E-state index contributed by atoms with van der Waals surface area (Å²) in [7, 11) is 0.929. The van der Waals surface area contributed by atoms with Gasteiger partial charge in [-0.2, -0.15) is 4.98 Å². The fourth-order valence-corrected chi connectivity index (χ4v) is 4.10. The molecule has 102 valence electrons. The summed E-state index contributed by atoms with van der Waals surface area (Å²) in [6.45, 7) is 0. The Labute approximate surface area is 118 Å². The maximum absolute atomic E-state index is 11.5. The first-order valence-corrected chi connectivity index (χ1v) is 8.09. The summed E-state index contributed by atoms with van der Waals surface area (Å²) in [5.41, 5.74) is 1.74. The molecule has 0 aromatic carbocycles. The maximum atomic E-state index is 11.5. The number of aromatic nitrogens is 3. The molecule has 0 saturated carbocycles. The highest BCUT2D eigenvalue weighted by Gasteiger charge is 2.22. The van der Waals surface area contributed by atoms with Crippen LogP contribution in [-0.4, -0.2) is 37.4 Å². The van der Waals surface area contributed by atoms with E-state index in [0.717, 1.165) is 35.5 Å². The number of nitrogens with zero attached hydrogens (tertiary/aromatic N) is 2. The Morgan fingerprint density at radius 3 is 2.89 bits per heavy atom. The van der Waals surface area contributed by atoms with Gasteiger partial charge in [0.1, 0.15) is 0 Å². The highest BCUT2D eigenvalue weighted by Crippen LogP contribution is 2.27. The molecule has 0 radical (unpaired) electrons. The number of imidazole rings is 1. The predicted molar refractivity (Wildman–Crippen MR) is 77.6 cm³/mol. The average molecular weight is 297 g/mol. The van der Waals surface area contributed by atoms with Crippen LogP contribution in [0.15, 0.2) is 12.1 Å².